The molecule has 0 radical (unpaired) electrons. The molecule has 0 bridgehead atoms. The second-order valence-electron chi connectivity index (χ2n) is 7.70. The fourth-order valence-corrected chi connectivity index (χ4v) is 3.87. The highest BCUT2D eigenvalue weighted by molar-refractivity contribution is 5.94. The Labute approximate surface area is 175 Å². The zero-order chi connectivity index (χ0) is 21.3. The molecular formula is C22H26N4O4. The van der Waals surface area contributed by atoms with E-state index in [0.717, 1.165) is 17.0 Å². The Morgan fingerprint density at radius 1 is 1.17 bits per heavy atom. The first kappa shape index (κ1) is 20.0. The molecule has 3 heterocycles. The van der Waals surface area contributed by atoms with Crippen LogP contribution in [0, 0.1) is 19.8 Å². The third-order valence-corrected chi connectivity index (χ3v) is 5.78. The molecule has 0 unspecified atom stereocenters. The van der Waals surface area contributed by atoms with E-state index in [2.05, 4.69) is 10.4 Å². The van der Waals surface area contributed by atoms with Crippen molar-refractivity contribution in [3.63, 3.8) is 0 Å². The van der Waals surface area contributed by atoms with Crippen molar-refractivity contribution in [2.24, 2.45) is 13.0 Å². The monoisotopic (exact) mass is 410 g/mol. The first-order chi connectivity index (χ1) is 14.4. The summed E-state index contributed by atoms with van der Waals surface area (Å²) < 4.78 is 12.4. The van der Waals surface area contributed by atoms with Gasteiger partial charge >= 0.3 is 0 Å². The number of fused-ring (bicyclic) bond motifs is 1. The standard InChI is InChI=1S/C22H26N4O4/c1-14-18(15(2)25(3)24-14)5-7-21(27)26-10-8-16(9-11-26)22(28)23-17-4-6-19-20(12-17)30-13-29-19/h4-7,12,16H,8-11,13H2,1-3H3,(H,23,28). The highest BCUT2D eigenvalue weighted by Gasteiger charge is 2.27. The Morgan fingerprint density at radius 2 is 1.90 bits per heavy atom. The normalized spacial score (nSPS) is 16.3. The van der Waals surface area contributed by atoms with E-state index in [9.17, 15) is 9.59 Å². The number of carbonyl (C=O) groups excluding carboxylic acids is 2. The zero-order valence-electron chi connectivity index (χ0n) is 17.5. The van der Waals surface area contributed by atoms with Gasteiger partial charge in [0.2, 0.25) is 18.6 Å². The lowest BCUT2D eigenvalue weighted by atomic mass is 9.95. The van der Waals surface area contributed by atoms with Gasteiger partial charge in [-0.2, -0.15) is 5.10 Å². The average molecular weight is 410 g/mol. The molecule has 0 saturated carbocycles. The van der Waals surface area contributed by atoms with Crippen molar-refractivity contribution in [2.45, 2.75) is 26.7 Å². The third kappa shape index (κ3) is 4.03. The summed E-state index contributed by atoms with van der Waals surface area (Å²) in [4.78, 5) is 27.0. The molecule has 0 atom stereocenters. The van der Waals surface area contributed by atoms with E-state index >= 15 is 0 Å². The molecule has 1 aromatic carbocycles. The summed E-state index contributed by atoms with van der Waals surface area (Å²) in [6.45, 7) is 5.24. The molecule has 4 rings (SSSR count). The predicted molar refractivity (Wildman–Crippen MR) is 112 cm³/mol. The SMILES string of the molecule is Cc1nn(C)c(C)c1C=CC(=O)N1CCC(C(=O)Nc2ccc3c(c2)OCO3)CC1. The number of rotatable bonds is 4. The van der Waals surface area contributed by atoms with E-state index in [1.807, 2.05) is 31.7 Å². The number of anilines is 1. The summed E-state index contributed by atoms with van der Waals surface area (Å²) in [5, 5.41) is 7.31. The van der Waals surface area contributed by atoms with Crippen molar-refractivity contribution in [3.8, 4) is 11.5 Å². The minimum absolute atomic E-state index is 0.0295. The first-order valence-corrected chi connectivity index (χ1v) is 10.1. The number of aryl methyl sites for hydroxylation is 2. The maximum atomic E-state index is 12.6. The number of nitrogens with zero attached hydrogens (tertiary/aromatic N) is 3. The van der Waals surface area contributed by atoms with Gasteiger partial charge in [0.15, 0.2) is 11.5 Å². The molecule has 0 aliphatic carbocycles. The van der Waals surface area contributed by atoms with Gasteiger partial charge in [0.25, 0.3) is 0 Å². The Kier molecular flexibility index (Phi) is 5.48. The number of amides is 2. The lowest BCUT2D eigenvalue weighted by Gasteiger charge is -2.30. The third-order valence-electron chi connectivity index (χ3n) is 5.78. The van der Waals surface area contributed by atoms with E-state index in [-0.39, 0.29) is 24.5 Å². The summed E-state index contributed by atoms with van der Waals surface area (Å²) in [5.74, 6) is 1.14. The van der Waals surface area contributed by atoms with Crippen molar-refractivity contribution in [2.75, 3.05) is 25.2 Å². The largest absolute Gasteiger partial charge is 0.454 e. The van der Waals surface area contributed by atoms with Crippen molar-refractivity contribution >= 4 is 23.6 Å². The van der Waals surface area contributed by atoms with Gasteiger partial charge in [0.05, 0.1) is 5.69 Å². The van der Waals surface area contributed by atoms with Crippen LogP contribution in [0.4, 0.5) is 5.69 Å². The molecule has 1 aromatic heterocycles. The number of nitrogens with one attached hydrogen (secondary N) is 1. The van der Waals surface area contributed by atoms with Crippen molar-refractivity contribution in [1.29, 1.82) is 0 Å². The van der Waals surface area contributed by atoms with Crippen LogP contribution in [-0.2, 0) is 16.6 Å². The lowest BCUT2D eigenvalue weighted by molar-refractivity contribution is -0.130. The molecule has 2 aliphatic heterocycles. The van der Waals surface area contributed by atoms with Crippen LogP contribution >= 0.6 is 0 Å². The number of piperidine rings is 1. The lowest BCUT2D eigenvalue weighted by Crippen LogP contribution is -2.40. The highest BCUT2D eigenvalue weighted by Crippen LogP contribution is 2.34. The Hall–Kier alpha value is -3.29. The summed E-state index contributed by atoms with van der Waals surface area (Å²) >= 11 is 0. The van der Waals surface area contributed by atoms with E-state index in [0.29, 0.717) is 43.1 Å². The van der Waals surface area contributed by atoms with Gasteiger partial charge in [-0.3, -0.25) is 14.3 Å². The number of ether oxygens (including phenoxy) is 2. The van der Waals surface area contributed by atoms with Gasteiger partial charge in [-0.15, -0.1) is 0 Å². The molecule has 1 saturated heterocycles. The quantitative estimate of drug-likeness (QED) is 0.784. The van der Waals surface area contributed by atoms with Crippen molar-refractivity contribution in [3.05, 3.63) is 41.2 Å². The topological polar surface area (TPSA) is 85.7 Å². The highest BCUT2D eigenvalue weighted by atomic mass is 16.7. The molecule has 30 heavy (non-hydrogen) atoms. The second-order valence-corrected chi connectivity index (χ2v) is 7.70. The first-order valence-electron chi connectivity index (χ1n) is 10.1. The van der Waals surface area contributed by atoms with Gasteiger partial charge < -0.3 is 19.7 Å². The number of benzene rings is 1. The van der Waals surface area contributed by atoms with Crippen LogP contribution < -0.4 is 14.8 Å². The average Bonchev–Trinajstić information content (AvgIpc) is 3.30. The van der Waals surface area contributed by atoms with Crippen LogP contribution in [0.5, 0.6) is 11.5 Å². The van der Waals surface area contributed by atoms with Gasteiger partial charge in [0.1, 0.15) is 0 Å². The van der Waals surface area contributed by atoms with Gasteiger partial charge in [-0.1, -0.05) is 0 Å². The van der Waals surface area contributed by atoms with Crippen LogP contribution in [-0.4, -0.2) is 46.4 Å². The fraction of sp³-hybridized carbons (Fsp3) is 0.409. The molecular weight excluding hydrogens is 384 g/mol. The fourth-order valence-electron chi connectivity index (χ4n) is 3.87. The Balaban J connectivity index is 1.30. The Morgan fingerprint density at radius 3 is 2.60 bits per heavy atom. The molecule has 2 aliphatic rings. The summed E-state index contributed by atoms with van der Waals surface area (Å²) in [6, 6.07) is 5.36. The number of hydrogen-bond acceptors (Lipinski definition) is 5. The molecule has 1 N–H and O–H groups in total. The minimum Gasteiger partial charge on any atom is -0.454 e. The number of aromatic nitrogens is 2. The van der Waals surface area contributed by atoms with E-state index in [4.69, 9.17) is 9.47 Å². The predicted octanol–water partition coefficient (Wildman–Crippen LogP) is 2.66. The number of hydrogen-bond donors (Lipinski definition) is 1. The van der Waals surface area contributed by atoms with Gasteiger partial charge in [0, 0.05) is 55.1 Å². The molecule has 2 aromatic rings. The van der Waals surface area contributed by atoms with Crippen LogP contribution in [0.2, 0.25) is 0 Å². The van der Waals surface area contributed by atoms with E-state index in [1.165, 1.54) is 0 Å². The van der Waals surface area contributed by atoms with E-state index in [1.54, 1.807) is 29.2 Å². The molecule has 0 spiro atoms. The van der Waals surface area contributed by atoms with E-state index < -0.39 is 0 Å². The summed E-state index contributed by atoms with van der Waals surface area (Å²) in [5.41, 5.74) is 3.59. The summed E-state index contributed by atoms with van der Waals surface area (Å²) in [6.07, 6.45) is 4.71. The second kappa shape index (κ2) is 8.22. The van der Waals surface area contributed by atoms with Gasteiger partial charge in [-0.05, 0) is 44.9 Å². The van der Waals surface area contributed by atoms with Gasteiger partial charge in [-0.25, -0.2) is 0 Å². The smallest absolute Gasteiger partial charge is 0.246 e. The van der Waals surface area contributed by atoms with Crippen LogP contribution in [0.3, 0.4) is 0 Å². The molecule has 8 nitrogen and oxygen atoms in total. The van der Waals surface area contributed by atoms with Crippen LogP contribution in [0.25, 0.3) is 6.08 Å². The number of carbonyl (C=O) groups is 2. The zero-order valence-corrected chi connectivity index (χ0v) is 17.5. The van der Waals surface area contributed by atoms with Crippen LogP contribution in [0.1, 0.15) is 29.8 Å². The molecule has 8 heteroatoms. The van der Waals surface area contributed by atoms with Crippen molar-refractivity contribution in [1.82, 2.24) is 14.7 Å². The summed E-state index contributed by atoms with van der Waals surface area (Å²) in [7, 11) is 1.89. The molecule has 158 valence electrons. The Bertz CT molecular complexity index is 1000. The maximum Gasteiger partial charge on any atom is 0.246 e. The minimum atomic E-state index is -0.119. The maximum absolute atomic E-state index is 12.6. The molecule has 1 fully saturated rings. The molecule has 2 amide bonds. The number of likely N-dealkylation sites (tertiary alicyclic amines) is 1. The van der Waals surface area contributed by atoms with Crippen molar-refractivity contribution < 1.29 is 19.1 Å². The van der Waals surface area contributed by atoms with Crippen LogP contribution in [0.15, 0.2) is 24.3 Å².